The molecule has 3 N–H and O–H groups in total. The number of carbonyl (C=O) groups is 1. The lowest BCUT2D eigenvalue weighted by molar-refractivity contribution is 0.0942. The van der Waals surface area contributed by atoms with Crippen molar-refractivity contribution < 1.29 is 9.90 Å². The van der Waals surface area contributed by atoms with Gasteiger partial charge in [0.1, 0.15) is 0 Å². The fourth-order valence-electron chi connectivity index (χ4n) is 2.90. The largest absolute Gasteiger partial charge is 0.396 e. The predicted molar refractivity (Wildman–Crippen MR) is 84.3 cm³/mol. The van der Waals surface area contributed by atoms with E-state index in [9.17, 15) is 4.79 Å². The Labute approximate surface area is 126 Å². The van der Waals surface area contributed by atoms with Crippen LogP contribution in [0, 0.1) is 5.92 Å². The highest BCUT2D eigenvalue weighted by molar-refractivity contribution is 5.94. The minimum Gasteiger partial charge on any atom is -0.396 e. The van der Waals surface area contributed by atoms with Crippen molar-refractivity contribution in [1.82, 2.24) is 10.6 Å². The first-order valence-corrected chi connectivity index (χ1v) is 7.96. The first kappa shape index (κ1) is 16.0. The fourth-order valence-corrected chi connectivity index (χ4v) is 2.90. The topological polar surface area (TPSA) is 61.4 Å². The molecule has 1 aromatic rings. The second-order valence-corrected chi connectivity index (χ2v) is 5.79. The molecule has 1 aliphatic heterocycles. The monoisotopic (exact) mass is 290 g/mol. The average molecular weight is 290 g/mol. The molecule has 0 saturated carbocycles. The van der Waals surface area contributed by atoms with Crippen LogP contribution in [0.25, 0.3) is 0 Å². The smallest absolute Gasteiger partial charge is 0.251 e. The minimum absolute atomic E-state index is 0.0117. The lowest BCUT2D eigenvalue weighted by Gasteiger charge is -2.19. The minimum atomic E-state index is -0.0117. The van der Waals surface area contributed by atoms with Crippen LogP contribution in [0.3, 0.4) is 0 Å². The Morgan fingerprint density at radius 3 is 3.00 bits per heavy atom. The number of amides is 1. The number of carbonyl (C=O) groups excluding carboxylic acids is 1. The average Bonchev–Trinajstić information content (AvgIpc) is 2.52. The summed E-state index contributed by atoms with van der Waals surface area (Å²) in [6.45, 7) is 4.81. The summed E-state index contributed by atoms with van der Waals surface area (Å²) in [5.41, 5.74) is 3.31. The number of rotatable bonds is 7. The molecule has 4 heteroatoms. The van der Waals surface area contributed by atoms with Crippen LogP contribution in [0.15, 0.2) is 18.2 Å². The van der Waals surface area contributed by atoms with Gasteiger partial charge >= 0.3 is 0 Å². The number of aliphatic hydroxyl groups is 1. The SMILES string of the molecule is CCCC(CCO)CNC(=O)c1ccc2c(c1)CNCC2. The first-order chi connectivity index (χ1) is 10.2. The van der Waals surface area contributed by atoms with Crippen molar-refractivity contribution in [2.24, 2.45) is 5.92 Å². The van der Waals surface area contributed by atoms with Crippen LogP contribution in [-0.4, -0.2) is 30.7 Å². The number of hydrogen-bond acceptors (Lipinski definition) is 3. The molecule has 1 unspecified atom stereocenters. The molecule has 0 bridgehead atoms. The van der Waals surface area contributed by atoms with Gasteiger partial charge < -0.3 is 15.7 Å². The van der Waals surface area contributed by atoms with Crippen molar-refractivity contribution in [3.8, 4) is 0 Å². The summed E-state index contributed by atoms with van der Waals surface area (Å²) < 4.78 is 0. The Kier molecular flexibility index (Phi) is 6.21. The molecule has 0 saturated heterocycles. The van der Waals surface area contributed by atoms with Crippen LogP contribution in [-0.2, 0) is 13.0 Å². The zero-order valence-electron chi connectivity index (χ0n) is 12.8. The Morgan fingerprint density at radius 1 is 1.38 bits per heavy atom. The maximum atomic E-state index is 12.2. The van der Waals surface area contributed by atoms with E-state index in [1.165, 1.54) is 11.1 Å². The third-order valence-electron chi connectivity index (χ3n) is 4.14. The highest BCUT2D eigenvalue weighted by atomic mass is 16.3. The second kappa shape index (κ2) is 8.15. The van der Waals surface area contributed by atoms with Gasteiger partial charge in [0.25, 0.3) is 5.91 Å². The molecule has 0 fully saturated rings. The van der Waals surface area contributed by atoms with Gasteiger partial charge in [-0.3, -0.25) is 4.79 Å². The Bertz CT molecular complexity index is 468. The molecule has 0 aromatic heterocycles. The van der Waals surface area contributed by atoms with E-state index in [1.54, 1.807) is 0 Å². The van der Waals surface area contributed by atoms with Gasteiger partial charge in [-0.1, -0.05) is 19.4 Å². The number of aliphatic hydroxyl groups excluding tert-OH is 1. The third-order valence-corrected chi connectivity index (χ3v) is 4.14. The van der Waals surface area contributed by atoms with Crippen LogP contribution in [0.2, 0.25) is 0 Å². The number of benzene rings is 1. The van der Waals surface area contributed by atoms with E-state index < -0.39 is 0 Å². The summed E-state index contributed by atoms with van der Waals surface area (Å²) in [7, 11) is 0. The Hall–Kier alpha value is -1.39. The zero-order valence-corrected chi connectivity index (χ0v) is 12.8. The normalized spacial score (nSPS) is 15.3. The van der Waals surface area contributed by atoms with Crippen molar-refractivity contribution in [1.29, 1.82) is 0 Å². The molecule has 1 aliphatic rings. The highest BCUT2D eigenvalue weighted by Gasteiger charge is 2.14. The lowest BCUT2D eigenvalue weighted by atomic mass is 9.97. The van der Waals surface area contributed by atoms with E-state index in [-0.39, 0.29) is 12.5 Å². The molecule has 116 valence electrons. The van der Waals surface area contributed by atoms with E-state index in [2.05, 4.69) is 23.6 Å². The summed E-state index contributed by atoms with van der Waals surface area (Å²) in [4.78, 5) is 12.2. The summed E-state index contributed by atoms with van der Waals surface area (Å²) in [5, 5.41) is 15.4. The van der Waals surface area contributed by atoms with Crippen molar-refractivity contribution in [3.05, 3.63) is 34.9 Å². The molecule has 21 heavy (non-hydrogen) atoms. The summed E-state index contributed by atoms with van der Waals surface area (Å²) in [6, 6.07) is 5.99. The van der Waals surface area contributed by atoms with E-state index in [0.717, 1.165) is 44.3 Å². The molecule has 2 rings (SSSR count). The number of hydrogen-bond donors (Lipinski definition) is 3. The number of nitrogens with one attached hydrogen (secondary N) is 2. The van der Waals surface area contributed by atoms with Crippen molar-refractivity contribution in [3.63, 3.8) is 0 Å². The van der Waals surface area contributed by atoms with Crippen LogP contribution in [0.4, 0.5) is 0 Å². The molecule has 1 aromatic carbocycles. The van der Waals surface area contributed by atoms with Gasteiger partial charge in [0.2, 0.25) is 0 Å². The Morgan fingerprint density at radius 2 is 2.24 bits per heavy atom. The molecule has 1 atom stereocenters. The summed E-state index contributed by atoms with van der Waals surface area (Å²) in [6.07, 6.45) is 3.90. The second-order valence-electron chi connectivity index (χ2n) is 5.79. The van der Waals surface area contributed by atoms with Crippen molar-refractivity contribution in [2.45, 2.75) is 39.2 Å². The van der Waals surface area contributed by atoms with Gasteiger partial charge in [0, 0.05) is 25.3 Å². The summed E-state index contributed by atoms with van der Waals surface area (Å²) >= 11 is 0. The maximum absolute atomic E-state index is 12.2. The van der Waals surface area contributed by atoms with E-state index in [4.69, 9.17) is 5.11 Å². The van der Waals surface area contributed by atoms with Crippen LogP contribution in [0.1, 0.15) is 47.7 Å². The standard InChI is InChI=1S/C17H26N2O2/c1-2-3-13(7-9-20)11-19-17(21)15-5-4-14-6-8-18-12-16(14)10-15/h4-5,10,13,18,20H,2-3,6-9,11-12H2,1H3,(H,19,21). The molecule has 0 spiro atoms. The number of fused-ring (bicyclic) bond motifs is 1. The molecule has 4 nitrogen and oxygen atoms in total. The van der Waals surface area contributed by atoms with Gasteiger partial charge in [-0.05, 0) is 55.0 Å². The highest BCUT2D eigenvalue weighted by Crippen LogP contribution is 2.16. The van der Waals surface area contributed by atoms with Crippen molar-refractivity contribution >= 4 is 5.91 Å². The molecule has 1 amide bonds. The molecular formula is C17H26N2O2. The van der Waals surface area contributed by atoms with Crippen LogP contribution in [0.5, 0.6) is 0 Å². The molecule has 0 aliphatic carbocycles. The summed E-state index contributed by atoms with van der Waals surface area (Å²) in [5.74, 6) is 0.352. The fraction of sp³-hybridized carbons (Fsp3) is 0.588. The maximum Gasteiger partial charge on any atom is 0.251 e. The molecule has 1 heterocycles. The zero-order chi connectivity index (χ0) is 15.1. The first-order valence-electron chi connectivity index (χ1n) is 7.96. The van der Waals surface area contributed by atoms with Crippen LogP contribution < -0.4 is 10.6 Å². The quantitative estimate of drug-likeness (QED) is 0.718. The Balaban J connectivity index is 1.93. The van der Waals surface area contributed by atoms with Crippen LogP contribution >= 0.6 is 0 Å². The van der Waals surface area contributed by atoms with Gasteiger partial charge in [0.15, 0.2) is 0 Å². The van der Waals surface area contributed by atoms with Gasteiger partial charge in [-0.2, -0.15) is 0 Å². The lowest BCUT2D eigenvalue weighted by Crippen LogP contribution is -2.30. The predicted octanol–water partition coefficient (Wildman–Crippen LogP) is 1.86. The third kappa shape index (κ3) is 4.55. The van der Waals surface area contributed by atoms with E-state index in [1.807, 2.05) is 12.1 Å². The van der Waals surface area contributed by atoms with Crippen molar-refractivity contribution in [2.75, 3.05) is 19.7 Å². The van der Waals surface area contributed by atoms with Gasteiger partial charge in [-0.15, -0.1) is 0 Å². The van der Waals surface area contributed by atoms with Gasteiger partial charge in [-0.25, -0.2) is 0 Å². The molecule has 0 radical (unpaired) electrons. The van der Waals surface area contributed by atoms with E-state index >= 15 is 0 Å². The van der Waals surface area contributed by atoms with E-state index in [0.29, 0.717) is 12.5 Å². The molecular weight excluding hydrogens is 264 g/mol. The van der Waals surface area contributed by atoms with Gasteiger partial charge in [0.05, 0.1) is 0 Å².